The fraction of sp³-hybridized carbons (Fsp3) is 0.179. The average Bonchev–Trinajstić information content (AvgIpc) is 3.30. The number of nitrogens with one attached hydrogen (secondary N) is 1. The summed E-state index contributed by atoms with van der Waals surface area (Å²) in [4.78, 5) is 25.1. The van der Waals surface area contributed by atoms with Crippen LogP contribution in [0.3, 0.4) is 0 Å². The number of hydrogen-bond acceptors (Lipinski definition) is 5. The highest BCUT2D eigenvalue weighted by molar-refractivity contribution is 5.93. The van der Waals surface area contributed by atoms with Gasteiger partial charge in [-0.2, -0.15) is 5.10 Å². The Morgan fingerprint density at radius 3 is 2.54 bits per heavy atom. The molecule has 0 radical (unpaired) electrons. The maximum atomic E-state index is 12.7. The largest absolute Gasteiger partial charge is 0.497 e. The van der Waals surface area contributed by atoms with Crippen LogP contribution in [-0.4, -0.2) is 35.4 Å². The standard InChI is InChI=1S/C28H27N3O4/c1-4-35-28(33)25-18-26(31(30-25)23-12-5-8-19(2)14-23)21-10-7-11-22(17-21)29-27(32)16-20-9-6-13-24(15-20)34-3/h5-15,17-18H,4,16H2,1-3H3,(H,29,32). The third-order valence-electron chi connectivity index (χ3n) is 5.38. The minimum Gasteiger partial charge on any atom is -0.497 e. The lowest BCUT2D eigenvalue weighted by molar-refractivity contribution is -0.115. The maximum Gasteiger partial charge on any atom is 0.358 e. The van der Waals surface area contributed by atoms with E-state index in [1.165, 1.54) is 0 Å². The maximum absolute atomic E-state index is 12.7. The summed E-state index contributed by atoms with van der Waals surface area (Å²) < 4.78 is 12.1. The molecule has 3 aromatic carbocycles. The van der Waals surface area contributed by atoms with E-state index < -0.39 is 5.97 Å². The van der Waals surface area contributed by atoms with Crippen molar-refractivity contribution >= 4 is 17.6 Å². The van der Waals surface area contributed by atoms with Crippen molar-refractivity contribution in [3.8, 4) is 22.7 Å². The Balaban J connectivity index is 1.63. The smallest absolute Gasteiger partial charge is 0.358 e. The molecule has 7 heteroatoms. The summed E-state index contributed by atoms with van der Waals surface area (Å²) >= 11 is 0. The molecule has 35 heavy (non-hydrogen) atoms. The van der Waals surface area contributed by atoms with Crippen molar-refractivity contribution in [3.05, 3.63) is 95.7 Å². The number of hydrogen-bond donors (Lipinski definition) is 1. The van der Waals surface area contributed by atoms with Gasteiger partial charge >= 0.3 is 5.97 Å². The lowest BCUT2D eigenvalue weighted by Crippen LogP contribution is -2.14. The van der Waals surface area contributed by atoms with Crippen LogP contribution in [0.5, 0.6) is 5.75 Å². The van der Waals surface area contributed by atoms with Gasteiger partial charge in [0.15, 0.2) is 5.69 Å². The van der Waals surface area contributed by atoms with E-state index in [4.69, 9.17) is 9.47 Å². The van der Waals surface area contributed by atoms with Crippen LogP contribution in [0.2, 0.25) is 0 Å². The van der Waals surface area contributed by atoms with Gasteiger partial charge in [0, 0.05) is 11.3 Å². The number of aryl methyl sites for hydroxylation is 1. The number of carbonyl (C=O) groups is 2. The second kappa shape index (κ2) is 10.7. The van der Waals surface area contributed by atoms with E-state index in [0.29, 0.717) is 17.1 Å². The minimum atomic E-state index is -0.483. The Hall–Kier alpha value is -4.39. The van der Waals surface area contributed by atoms with E-state index in [9.17, 15) is 9.59 Å². The van der Waals surface area contributed by atoms with E-state index >= 15 is 0 Å². The van der Waals surface area contributed by atoms with Gasteiger partial charge in [0.2, 0.25) is 5.91 Å². The monoisotopic (exact) mass is 469 g/mol. The van der Waals surface area contributed by atoms with Crippen LogP contribution in [0, 0.1) is 6.92 Å². The van der Waals surface area contributed by atoms with E-state index in [0.717, 1.165) is 22.4 Å². The van der Waals surface area contributed by atoms with Crippen molar-refractivity contribution in [1.82, 2.24) is 9.78 Å². The predicted octanol–water partition coefficient (Wildman–Crippen LogP) is 5.21. The number of benzene rings is 3. The van der Waals surface area contributed by atoms with Crippen molar-refractivity contribution in [2.75, 3.05) is 19.0 Å². The summed E-state index contributed by atoms with van der Waals surface area (Å²) in [5, 5.41) is 7.48. The molecular weight excluding hydrogens is 442 g/mol. The molecule has 0 saturated heterocycles. The van der Waals surface area contributed by atoms with Crippen LogP contribution in [0.4, 0.5) is 5.69 Å². The van der Waals surface area contributed by atoms with Crippen LogP contribution in [-0.2, 0) is 16.0 Å². The van der Waals surface area contributed by atoms with Gasteiger partial charge in [0.25, 0.3) is 0 Å². The molecular formula is C28H27N3O4. The summed E-state index contributed by atoms with van der Waals surface area (Å²) in [6.07, 6.45) is 0.218. The number of ether oxygens (including phenoxy) is 2. The predicted molar refractivity (Wildman–Crippen MR) is 135 cm³/mol. The van der Waals surface area contributed by atoms with E-state index in [1.807, 2.05) is 79.7 Å². The molecule has 0 unspecified atom stereocenters. The molecule has 4 aromatic rings. The molecule has 1 aromatic heterocycles. The molecule has 0 saturated carbocycles. The van der Waals surface area contributed by atoms with E-state index in [1.54, 1.807) is 24.8 Å². The van der Waals surface area contributed by atoms with E-state index in [2.05, 4.69) is 10.4 Å². The highest BCUT2D eigenvalue weighted by Crippen LogP contribution is 2.27. The first kappa shape index (κ1) is 23.8. The van der Waals surface area contributed by atoms with Gasteiger partial charge < -0.3 is 14.8 Å². The second-order valence-electron chi connectivity index (χ2n) is 8.04. The molecule has 178 valence electrons. The summed E-state index contributed by atoms with van der Waals surface area (Å²) in [6.45, 7) is 4.02. The number of anilines is 1. The Kier molecular flexibility index (Phi) is 7.26. The molecule has 1 heterocycles. The van der Waals surface area contributed by atoms with Crippen LogP contribution in [0.15, 0.2) is 78.9 Å². The molecule has 0 aliphatic rings. The van der Waals surface area contributed by atoms with Crippen molar-refractivity contribution in [3.63, 3.8) is 0 Å². The molecule has 0 aliphatic heterocycles. The van der Waals surface area contributed by atoms with Gasteiger partial charge in [0.1, 0.15) is 5.75 Å². The normalized spacial score (nSPS) is 10.6. The molecule has 0 atom stereocenters. The van der Waals surface area contributed by atoms with Gasteiger partial charge in [-0.25, -0.2) is 9.48 Å². The number of methoxy groups -OCH3 is 1. The molecule has 0 aliphatic carbocycles. The van der Waals surface area contributed by atoms with Crippen LogP contribution in [0.1, 0.15) is 28.5 Å². The summed E-state index contributed by atoms with van der Waals surface area (Å²) in [5.74, 6) is 0.0804. The molecule has 0 spiro atoms. The zero-order valence-corrected chi connectivity index (χ0v) is 19.9. The average molecular weight is 470 g/mol. The van der Waals surface area contributed by atoms with Crippen molar-refractivity contribution in [1.29, 1.82) is 0 Å². The van der Waals surface area contributed by atoms with Gasteiger partial charge in [-0.15, -0.1) is 0 Å². The molecule has 1 N–H and O–H groups in total. The minimum absolute atomic E-state index is 0.144. The molecule has 4 rings (SSSR count). The van der Waals surface area contributed by atoms with Crippen LogP contribution < -0.4 is 10.1 Å². The van der Waals surface area contributed by atoms with Crippen LogP contribution >= 0.6 is 0 Å². The molecule has 1 amide bonds. The van der Waals surface area contributed by atoms with Crippen molar-refractivity contribution in [2.45, 2.75) is 20.3 Å². The first-order valence-corrected chi connectivity index (χ1v) is 11.3. The van der Waals surface area contributed by atoms with Gasteiger partial charge in [-0.05, 0) is 67.4 Å². The highest BCUT2D eigenvalue weighted by atomic mass is 16.5. The number of nitrogens with zero attached hydrogens (tertiary/aromatic N) is 2. The van der Waals surface area contributed by atoms with Gasteiger partial charge in [-0.1, -0.05) is 36.4 Å². The molecule has 7 nitrogen and oxygen atoms in total. The lowest BCUT2D eigenvalue weighted by atomic mass is 10.1. The zero-order valence-electron chi connectivity index (χ0n) is 19.9. The summed E-state index contributed by atoms with van der Waals surface area (Å²) in [5.41, 5.74) is 5.12. The zero-order chi connectivity index (χ0) is 24.8. The number of carbonyl (C=O) groups excluding carboxylic acids is 2. The Morgan fingerprint density at radius 2 is 1.77 bits per heavy atom. The third-order valence-corrected chi connectivity index (χ3v) is 5.38. The summed E-state index contributed by atoms with van der Waals surface area (Å²) in [6, 6.07) is 24.4. The fourth-order valence-electron chi connectivity index (χ4n) is 3.78. The number of aromatic nitrogens is 2. The lowest BCUT2D eigenvalue weighted by Gasteiger charge is -2.11. The second-order valence-corrected chi connectivity index (χ2v) is 8.04. The summed E-state index contributed by atoms with van der Waals surface area (Å²) in [7, 11) is 1.60. The fourth-order valence-corrected chi connectivity index (χ4v) is 3.78. The number of amides is 1. The number of rotatable bonds is 8. The first-order valence-electron chi connectivity index (χ1n) is 11.3. The third kappa shape index (κ3) is 5.76. The quantitative estimate of drug-likeness (QED) is 0.358. The Labute approximate surface area is 204 Å². The number of esters is 1. The Morgan fingerprint density at radius 1 is 0.971 bits per heavy atom. The van der Waals surface area contributed by atoms with Gasteiger partial charge in [-0.3, -0.25) is 4.79 Å². The molecule has 0 fully saturated rings. The van der Waals surface area contributed by atoms with E-state index in [-0.39, 0.29) is 24.6 Å². The van der Waals surface area contributed by atoms with Crippen molar-refractivity contribution in [2.24, 2.45) is 0 Å². The Bertz CT molecular complexity index is 1360. The highest BCUT2D eigenvalue weighted by Gasteiger charge is 2.18. The first-order chi connectivity index (χ1) is 17.0. The topological polar surface area (TPSA) is 82.5 Å². The van der Waals surface area contributed by atoms with Crippen molar-refractivity contribution < 1.29 is 19.1 Å². The van der Waals surface area contributed by atoms with Crippen LogP contribution in [0.25, 0.3) is 16.9 Å². The van der Waals surface area contributed by atoms with Gasteiger partial charge in [0.05, 0.1) is 31.5 Å². The molecule has 0 bridgehead atoms. The SMILES string of the molecule is CCOC(=O)c1cc(-c2cccc(NC(=O)Cc3cccc(OC)c3)c2)n(-c2cccc(C)c2)n1.